The van der Waals surface area contributed by atoms with E-state index in [1.54, 1.807) is 7.11 Å². The number of rotatable bonds is 8. The summed E-state index contributed by atoms with van der Waals surface area (Å²) in [6, 6.07) is 7.94. The van der Waals surface area contributed by atoms with E-state index in [0.29, 0.717) is 0 Å². The van der Waals surface area contributed by atoms with Crippen molar-refractivity contribution in [2.45, 2.75) is 58.3 Å². The summed E-state index contributed by atoms with van der Waals surface area (Å²) in [5, 5.41) is 0. The molecule has 0 saturated carbocycles. The Labute approximate surface area is 117 Å². The molecular weight excluding hydrogens is 238 g/mol. The second-order valence-electron chi connectivity index (χ2n) is 4.97. The van der Waals surface area contributed by atoms with Crippen LogP contribution in [0.1, 0.15) is 51.7 Å². The van der Waals surface area contributed by atoms with Crippen LogP contribution in [0.3, 0.4) is 0 Å². The molecular formula is C16H27NO2. The summed E-state index contributed by atoms with van der Waals surface area (Å²) >= 11 is 0. The fraction of sp³-hybridized carbons (Fsp3) is 0.625. The van der Waals surface area contributed by atoms with Crippen LogP contribution in [0.2, 0.25) is 0 Å². The van der Waals surface area contributed by atoms with Crippen molar-refractivity contribution in [1.29, 1.82) is 0 Å². The van der Waals surface area contributed by atoms with Crippen molar-refractivity contribution >= 4 is 0 Å². The monoisotopic (exact) mass is 265 g/mol. The van der Waals surface area contributed by atoms with Gasteiger partial charge in [0.05, 0.1) is 13.2 Å². The Morgan fingerprint density at radius 2 is 1.89 bits per heavy atom. The van der Waals surface area contributed by atoms with Crippen LogP contribution in [0.5, 0.6) is 5.75 Å². The van der Waals surface area contributed by atoms with Crippen LogP contribution in [0.4, 0.5) is 0 Å². The maximum Gasteiger partial charge on any atom is 0.124 e. The van der Waals surface area contributed by atoms with Gasteiger partial charge in [-0.1, -0.05) is 38.5 Å². The van der Waals surface area contributed by atoms with Crippen LogP contribution < -0.4 is 10.5 Å². The summed E-state index contributed by atoms with van der Waals surface area (Å²) in [5.74, 6) is 0.847. The van der Waals surface area contributed by atoms with Gasteiger partial charge in [-0.15, -0.1) is 0 Å². The third kappa shape index (κ3) is 4.51. The molecule has 1 aromatic rings. The number of benzene rings is 1. The Balaban J connectivity index is 2.95. The van der Waals surface area contributed by atoms with E-state index in [0.717, 1.165) is 30.6 Å². The smallest absolute Gasteiger partial charge is 0.124 e. The molecule has 0 radical (unpaired) electrons. The maximum atomic E-state index is 6.24. The standard InChI is InChI=1S/C16H27NO2/c1-5-9-12(3)19-16(14(17)6-2)13-10-7-8-11-15(13)18-4/h7-8,10-12,14,16H,5-6,9,17H2,1-4H3. The lowest BCUT2D eigenvalue weighted by atomic mass is 9.99. The number of hydrogen-bond donors (Lipinski definition) is 1. The lowest BCUT2D eigenvalue weighted by Crippen LogP contribution is -2.32. The largest absolute Gasteiger partial charge is 0.496 e. The average Bonchev–Trinajstić information content (AvgIpc) is 2.44. The number of para-hydroxylation sites is 1. The van der Waals surface area contributed by atoms with Crippen molar-refractivity contribution in [2.75, 3.05) is 7.11 Å². The molecule has 3 nitrogen and oxygen atoms in total. The molecule has 3 atom stereocenters. The van der Waals surface area contributed by atoms with Crippen molar-refractivity contribution in [3.8, 4) is 5.75 Å². The van der Waals surface area contributed by atoms with E-state index in [4.69, 9.17) is 15.2 Å². The lowest BCUT2D eigenvalue weighted by Gasteiger charge is -2.28. The van der Waals surface area contributed by atoms with E-state index in [9.17, 15) is 0 Å². The van der Waals surface area contributed by atoms with E-state index in [1.165, 1.54) is 0 Å². The predicted octanol–water partition coefficient (Wildman–Crippen LogP) is 3.68. The Hall–Kier alpha value is -1.06. The molecule has 3 heteroatoms. The molecule has 1 aromatic carbocycles. The highest BCUT2D eigenvalue weighted by molar-refractivity contribution is 5.36. The molecule has 0 fully saturated rings. The zero-order valence-corrected chi connectivity index (χ0v) is 12.6. The SMILES string of the molecule is CCCC(C)OC(c1ccccc1OC)C(N)CC. The van der Waals surface area contributed by atoms with Gasteiger partial charge in [-0.2, -0.15) is 0 Å². The van der Waals surface area contributed by atoms with Crippen LogP contribution in [0.15, 0.2) is 24.3 Å². The van der Waals surface area contributed by atoms with E-state index < -0.39 is 0 Å². The van der Waals surface area contributed by atoms with E-state index in [-0.39, 0.29) is 18.2 Å². The number of nitrogens with two attached hydrogens (primary N) is 1. The van der Waals surface area contributed by atoms with Gasteiger partial charge in [0.1, 0.15) is 11.9 Å². The minimum Gasteiger partial charge on any atom is -0.496 e. The molecule has 0 spiro atoms. The minimum absolute atomic E-state index is 0.0180. The van der Waals surface area contributed by atoms with Crippen LogP contribution in [0, 0.1) is 0 Å². The molecule has 0 saturated heterocycles. The zero-order valence-electron chi connectivity index (χ0n) is 12.6. The van der Waals surface area contributed by atoms with Crippen LogP contribution in [-0.4, -0.2) is 19.3 Å². The first-order valence-corrected chi connectivity index (χ1v) is 7.17. The van der Waals surface area contributed by atoms with Crippen molar-refractivity contribution in [2.24, 2.45) is 5.73 Å². The van der Waals surface area contributed by atoms with Crippen LogP contribution in [-0.2, 0) is 4.74 Å². The first-order valence-electron chi connectivity index (χ1n) is 7.17. The van der Waals surface area contributed by atoms with Crippen LogP contribution >= 0.6 is 0 Å². The van der Waals surface area contributed by atoms with Crippen molar-refractivity contribution in [3.05, 3.63) is 29.8 Å². The van der Waals surface area contributed by atoms with Crippen molar-refractivity contribution in [3.63, 3.8) is 0 Å². The van der Waals surface area contributed by atoms with Crippen molar-refractivity contribution < 1.29 is 9.47 Å². The Bertz CT molecular complexity index is 368. The van der Waals surface area contributed by atoms with Crippen LogP contribution in [0.25, 0.3) is 0 Å². The summed E-state index contributed by atoms with van der Waals surface area (Å²) in [5.41, 5.74) is 7.28. The zero-order chi connectivity index (χ0) is 14.3. The van der Waals surface area contributed by atoms with Gasteiger partial charge in [-0.25, -0.2) is 0 Å². The fourth-order valence-corrected chi connectivity index (χ4v) is 2.25. The van der Waals surface area contributed by atoms with E-state index >= 15 is 0 Å². The van der Waals surface area contributed by atoms with Crippen molar-refractivity contribution in [1.82, 2.24) is 0 Å². The first-order chi connectivity index (χ1) is 9.13. The van der Waals surface area contributed by atoms with Gasteiger partial charge in [-0.3, -0.25) is 0 Å². The van der Waals surface area contributed by atoms with E-state index in [2.05, 4.69) is 20.8 Å². The van der Waals surface area contributed by atoms with Gasteiger partial charge in [0.25, 0.3) is 0 Å². The molecule has 2 N–H and O–H groups in total. The fourth-order valence-electron chi connectivity index (χ4n) is 2.25. The lowest BCUT2D eigenvalue weighted by molar-refractivity contribution is -0.0232. The molecule has 0 heterocycles. The highest BCUT2D eigenvalue weighted by atomic mass is 16.5. The molecule has 108 valence electrons. The molecule has 0 aliphatic carbocycles. The summed E-state index contributed by atoms with van der Waals surface area (Å²) in [6.07, 6.45) is 3.13. The molecule has 0 amide bonds. The maximum absolute atomic E-state index is 6.24. The summed E-state index contributed by atoms with van der Waals surface area (Å²) in [7, 11) is 1.68. The Morgan fingerprint density at radius 1 is 1.21 bits per heavy atom. The average molecular weight is 265 g/mol. The molecule has 1 rings (SSSR count). The third-order valence-electron chi connectivity index (χ3n) is 3.38. The normalized spacial score (nSPS) is 15.8. The Kier molecular flexibility index (Phi) is 6.89. The molecule has 0 aliphatic heterocycles. The van der Waals surface area contributed by atoms with Gasteiger partial charge in [0.2, 0.25) is 0 Å². The second-order valence-corrected chi connectivity index (χ2v) is 4.97. The van der Waals surface area contributed by atoms with Gasteiger partial charge in [-0.05, 0) is 25.8 Å². The van der Waals surface area contributed by atoms with E-state index in [1.807, 2.05) is 24.3 Å². The number of ether oxygens (including phenoxy) is 2. The summed E-state index contributed by atoms with van der Waals surface area (Å²) in [4.78, 5) is 0. The first kappa shape index (κ1) is 16.0. The Morgan fingerprint density at radius 3 is 2.47 bits per heavy atom. The number of hydrogen-bond acceptors (Lipinski definition) is 3. The summed E-state index contributed by atoms with van der Waals surface area (Å²) in [6.45, 7) is 6.35. The molecule has 3 unspecified atom stereocenters. The topological polar surface area (TPSA) is 44.5 Å². The minimum atomic E-state index is -0.109. The van der Waals surface area contributed by atoms with Gasteiger partial charge >= 0.3 is 0 Å². The number of methoxy groups -OCH3 is 1. The molecule has 0 bridgehead atoms. The quantitative estimate of drug-likeness (QED) is 0.780. The van der Waals surface area contributed by atoms with Gasteiger partial charge < -0.3 is 15.2 Å². The third-order valence-corrected chi connectivity index (χ3v) is 3.38. The van der Waals surface area contributed by atoms with Gasteiger partial charge in [0, 0.05) is 11.6 Å². The molecule has 19 heavy (non-hydrogen) atoms. The highest BCUT2D eigenvalue weighted by Gasteiger charge is 2.24. The van der Waals surface area contributed by atoms with Gasteiger partial charge in [0.15, 0.2) is 0 Å². The second kappa shape index (κ2) is 8.18. The highest BCUT2D eigenvalue weighted by Crippen LogP contribution is 2.31. The predicted molar refractivity (Wildman–Crippen MR) is 79.5 cm³/mol. The molecule has 0 aromatic heterocycles. The molecule has 0 aliphatic rings. The summed E-state index contributed by atoms with van der Waals surface area (Å²) < 4.78 is 11.6.